The van der Waals surface area contributed by atoms with Crippen LogP contribution in [0, 0.1) is 19.8 Å². The van der Waals surface area contributed by atoms with E-state index in [-0.39, 0.29) is 11.8 Å². The second kappa shape index (κ2) is 9.05. The SMILES string of the molecule is Cc1ccc(C(=O)Nc2scc(CC(C)C)c2C(=O)Nc2ccccc2C)cc1. The van der Waals surface area contributed by atoms with Crippen molar-refractivity contribution in [2.24, 2.45) is 5.92 Å². The first-order valence-corrected chi connectivity index (χ1v) is 10.6. The van der Waals surface area contributed by atoms with Crippen molar-refractivity contribution in [1.29, 1.82) is 0 Å². The molecule has 2 N–H and O–H groups in total. The second-order valence-corrected chi connectivity index (χ2v) is 8.53. The van der Waals surface area contributed by atoms with Crippen LogP contribution in [0.4, 0.5) is 10.7 Å². The fraction of sp³-hybridized carbons (Fsp3) is 0.250. The van der Waals surface area contributed by atoms with Gasteiger partial charge in [0.05, 0.1) is 5.56 Å². The van der Waals surface area contributed by atoms with Crippen molar-refractivity contribution in [1.82, 2.24) is 0 Å². The van der Waals surface area contributed by atoms with Crippen molar-refractivity contribution in [3.8, 4) is 0 Å². The van der Waals surface area contributed by atoms with E-state index in [1.165, 1.54) is 11.3 Å². The molecule has 0 spiro atoms. The number of benzene rings is 2. The van der Waals surface area contributed by atoms with Gasteiger partial charge in [-0.15, -0.1) is 11.3 Å². The van der Waals surface area contributed by atoms with E-state index in [2.05, 4.69) is 24.5 Å². The molecule has 0 saturated carbocycles. The van der Waals surface area contributed by atoms with E-state index in [0.717, 1.165) is 28.8 Å². The monoisotopic (exact) mass is 406 g/mol. The van der Waals surface area contributed by atoms with Gasteiger partial charge >= 0.3 is 0 Å². The third-order valence-electron chi connectivity index (χ3n) is 4.66. The van der Waals surface area contributed by atoms with Crippen molar-refractivity contribution in [3.05, 3.63) is 81.7 Å². The summed E-state index contributed by atoms with van der Waals surface area (Å²) < 4.78 is 0. The smallest absolute Gasteiger partial charge is 0.258 e. The van der Waals surface area contributed by atoms with Crippen molar-refractivity contribution in [2.45, 2.75) is 34.1 Å². The van der Waals surface area contributed by atoms with Gasteiger partial charge in [-0.1, -0.05) is 49.7 Å². The van der Waals surface area contributed by atoms with Gasteiger partial charge in [-0.3, -0.25) is 9.59 Å². The van der Waals surface area contributed by atoms with Gasteiger partial charge < -0.3 is 10.6 Å². The van der Waals surface area contributed by atoms with Gasteiger partial charge in [-0.25, -0.2) is 0 Å². The normalized spacial score (nSPS) is 10.8. The number of carbonyl (C=O) groups is 2. The van der Waals surface area contributed by atoms with Gasteiger partial charge in [0.2, 0.25) is 0 Å². The number of para-hydroxylation sites is 1. The predicted molar refractivity (Wildman–Crippen MR) is 121 cm³/mol. The molecular formula is C24H26N2O2S. The van der Waals surface area contributed by atoms with E-state index in [1.54, 1.807) is 12.1 Å². The van der Waals surface area contributed by atoms with Gasteiger partial charge in [-0.2, -0.15) is 0 Å². The summed E-state index contributed by atoms with van der Waals surface area (Å²) in [6, 6.07) is 15.1. The predicted octanol–water partition coefficient (Wildman–Crippen LogP) is 6.07. The summed E-state index contributed by atoms with van der Waals surface area (Å²) in [4.78, 5) is 25.9. The molecule has 1 heterocycles. The molecule has 0 unspecified atom stereocenters. The molecule has 0 saturated heterocycles. The zero-order chi connectivity index (χ0) is 21.0. The lowest BCUT2D eigenvalue weighted by molar-refractivity contribution is 0.102. The Balaban J connectivity index is 1.90. The highest BCUT2D eigenvalue weighted by atomic mass is 32.1. The van der Waals surface area contributed by atoms with Crippen LogP contribution in [-0.4, -0.2) is 11.8 Å². The lowest BCUT2D eigenvalue weighted by atomic mass is 10.0. The maximum absolute atomic E-state index is 13.2. The molecule has 0 aliphatic rings. The maximum atomic E-state index is 13.2. The van der Waals surface area contributed by atoms with E-state index >= 15 is 0 Å². The molecule has 3 rings (SSSR count). The maximum Gasteiger partial charge on any atom is 0.258 e. The molecule has 3 aromatic rings. The minimum absolute atomic E-state index is 0.199. The number of hydrogen-bond donors (Lipinski definition) is 2. The van der Waals surface area contributed by atoms with Crippen molar-refractivity contribution < 1.29 is 9.59 Å². The first kappa shape index (κ1) is 20.8. The third kappa shape index (κ3) is 5.12. The lowest BCUT2D eigenvalue weighted by Gasteiger charge is -2.12. The number of hydrogen-bond acceptors (Lipinski definition) is 3. The Morgan fingerprint density at radius 1 is 0.931 bits per heavy atom. The minimum Gasteiger partial charge on any atom is -0.322 e. The van der Waals surface area contributed by atoms with Crippen LogP contribution in [0.2, 0.25) is 0 Å². The quantitative estimate of drug-likeness (QED) is 0.522. The Bertz CT molecular complexity index is 1020. The summed E-state index contributed by atoms with van der Waals surface area (Å²) in [5, 5.41) is 8.49. The summed E-state index contributed by atoms with van der Waals surface area (Å²) in [7, 11) is 0. The topological polar surface area (TPSA) is 58.2 Å². The van der Waals surface area contributed by atoms with Crippen LogP contribution < -0.4 is 10.6 Å². The second-order valence-electron chi connectivity index (χ2n) is 7.65. The molecule has 0 aliphatic heterocycles. The fourth-order valence-corrected chi connectivity index (χ4v) is 4.07. The number of anilines is 2. The van der Waals surface area contributed by atoms with Gasteiger partial charge in [0.15, 0.2) is 0 Å². The molecule has 2 amide bonds. The van der Waals surface area contributed by atoms with Crippen LogP contribution in [0.1, 0.15) is 51.3 Å². The zero-order valence-electron chi connectivity index (χ0n) is 17.2. The Labute approximate surface area is 176 Å². The van der Waals surface area contributed by atoms with Crippen LogP contribution in [-0.2, 0) is 6.42 Å². The molecular weight excluding hydrogens is 380 g/mol. The van der Waals surface area contributed by atoms with Gasteiger partial charge in [-0.05, 0) is 60.9 Å². The Kier molecular flexibility index (Phi) is 6.49. The first-order chi connectivity index (χ1) is 13.8. The highest BCUT2D eigenvalue weighted by Gasteiger charge is 2.22. The Morgan fingerprint density at radius 3 is 2.28 bits per heavy atom. The van der Waals surface area contributed by atoms with E-state index < -0.39 is 0 Å². The number of aryl methyl sites for hydroxylation is 2. The molecule has 0 aliphatic carbocycles. The number of nitrogens with one attached hydrogen (secondary N) is 2. The molecule has 0 radical (unpaired) electrons. The average Bonchev–Trinajstić information content (AvgIpc) is 3.05. The van der Waals surface area contributed by atoms with Crippen LogP contribution in [0.25, 0.3) is 0 Å². The van der Waals surface area contributed by atoms with Crippen LogP contribution in [0.3, 0.4) is 0 Å². The minimum atomic E-state index is -0.215. The molecule has 0 fully saturated rings. The van der Waals surface area contributed by atoms with E-state index in [9.17, 15) is 9.59 Å². The van der Waals surface area contributed by atoms with Crippen molar-refractivity contribution >= 4 is 33.8 Å². The fourth-order valence-electron chi connectivity index (χ4n) is 3.10. The number of carbonyl (C=O) groups excluding carboxylic acids is 2. The van der Waals surface area contributed by atoms with E-state index in [0.29, 0.717) is 22.0 Å². The third-order valence-corrected chi connectivity index (χ3v) is 5.60. The van der Waals surface area contributed by atoms with Crippen molar-refractivity contribution in [3.63, 3.8) is 0 Å². The summed E-state index contributed by atoms with van der Waals surface area (Å²) in [6.07, 6.45) is 0.771. The summed E-state index contributed by atoms with van der Waals surface area (Å²) in [5.74, 6) is -0.0152. The highest BCUT2D eigenvalue weighted by Crippen LogP contribution is 2.31. The summed E-state index contributed by atoms with van der Waals surface area (Å²) in [5.41, 5.74) is 4.93. The van der Waals surface area contributed by atoms with Crippen LogP contribution in [0.15, 0.2) is 53.9 Å². The number of rotatable bonds is 6. The molecule has 5 heteroatoms. The zero-order valence-corrected chi connectivity index (χ0v) is 18.0. The van der Waals surface area contributed by atoms with E-state index in [4.69, 9.17) is 0 Å². The molecule has 1 aromatic heterocycles. The molecule has 2 aromatic carbocycles. The number of amides is 2. The molecule has 4 nitrogen and oxygen atoms in total. The number of thiophene rings is 1. The van der Waals surface area contributed by atoms with Crippen LogP contribution in [0.5, 0.6) is 0 Å². The van der Waals surface area contributed by atoms with Crippen LogP contribution >= 0.6 is 11.3 Å². The van der Waals surface area contributed by atoms with Gasteiger partial charge in [0.1, 0.15) is 5.00 Å². The molecule has 150 valence electrons. The Morgan fingerprint density at radius 2 is 1.62 bits per heavy atom. The average molecular weight is 407 g/mol. The molecule has 29 heavy (non-hydrogen) atoms. The van der Waals surface area contributed by atoms with Gasteiger partial charge in [0, 0.05) is 11.3 Å². The molecule has 0 bridgehead atoms. The Hall–Kier alpha value is -2.92. The lowest BCUT2D eigenvalue weighted by Crippen LogP contribution is -2.18. The standard InChI is InChI=1S/C24H26N2O2S/c1-15(2)13-19-14-29-24(26-22(27)18-11-9-16(3)10-12-18)21(19)23(28)25-20-8-6-5-7-17(20)4/h5-12,14-15H,13H2,1-4H3,(H,25,28)(H,26,27). The summed E-state index contributed by atoms with van der Waals surface area (Å²) in [6.45, 7) is 8.17. The molecule has 0 atom stereocenters. The van der Waals surface area contributed by atoms with Crippen molar-refractivity contribution in [2.75, 3.05) is 10.6 Å². The largest absolute Gasteiger partial charge is 0.322 e. The van der Waals surface area contributed by atoms with E-state index in [1.807, 2.05) is 55.6 Å². The first-order valence-electron chi connectivity index (χ1n) is 9.70. The highest BCUT2D eigenvalue weighted by molar-refractivity contribution is 7.15. The van der Waals surface area contributed by atoms with Gasteiger partial charge in [0.25, 0.3) is 11.8 Å². The summed E-state index contributed by atoms with van der Waals surface area (Å²) >= 11 is 1.39.